The lowest BCUT2D eigenvalue weighted by Gasteiger charge is -2.07. The topological polar surface area (TPSA) is 75.4 Å². The molecule has 2 aromatic rings. The summed E-state index contributed by atoms with van der Waals surface area (Å²) in [6.07, 6.45) is 0.411. The van der Waals surface area contributed by atoms with Crippen LogP contribution < -0.4 is 5.32 Å². The van der Waals surface area contributed by atoms with Gasteiger partial charge < -0.3 is 14.9 Å². The van der Waals surface area contributed by atoms with E-state index in [4.69, 9.17) is 9.63 Å². The Kier molecular flexibility index (Phi) is 4.75. The standard InChI is InChI=1S/C16H16N2O3/c1-11-10-15(18-21-11)17-16(20)14-8-5-7-13(12(14)2)6-3-4-9-19/h5,7-8,10,19H,4,9H2,1-2H3,(H,17,18,20). The highest BCUT2D eigenvalue weighted by atomic mass is 16.5. The van der Waals surface area contributed by atoms with Gasteiger partial charge in [-0.2, -0.15) is 0 Å². The number of nitrogens with zero attached hydrogens (tertiary/aromatic N) is 1. The van der Waals surface area contributed by atoms with Crippen molar-refractivity contribution in [1.82, 2.24) is 5.16 Å². The summed E-state index contributed by atoms with van der Waals surface area (Å²) in [5, 5.41) is 15.2. The Labute approximate surface area is 123 Å². The van der Waals surface area contributed by atoms with Gasteiger partial charge in [-0.1, -0.05) is 23.1 Å². The van der Waals surface area contributed by atoms with Crippen molar-refractivity contribution in [2.45, 2.75) is 20.3 Å². The summed E-state index contributed by atoms with van der Waals surface area (Å²) in [6, 6.07) is 7.00. The van der Waals surface area contributed by atoms with Gasteiger partial charge in [-0.05, 0) is 31.5 Å². The van der Waals surface area contributed by atoms with Crippen LogP contribution in [0.5, 0.6) is 0 Å². The molecular weight excluding hydrogens is 268 g/mol. The van der Waals surface area contributed by atoms with Crippen LogP contribution in [0, 0.1) is 25.7 Å². The zero-order chi connectivity index (χ0) is 15.2. The normalized spacial score (nSPS) is 9.86. The Balaban J connectivity index is 2.22. The van der Waals surface area contributed by atoms with Crippen molar-refractivity contribution in [2.75, 3.05) is 11.9 Å². The fourth-order valence-electron chi connectivity index (χ4n) is 1.84. The molecule has 0 fully saturated rings. The molecule has 21 heavy (non-hydrogen) atoms. The number of aryl methyl sites for hydroxylation is 1. The highest BCUT2D eigenvalue weighted by Gasteiger charge is 2.12. The van der Waals surface area contributed by atoms with Gasteiger partial charge in [0, 0.05) is 23.6 Å². The highest BCUT2D eigenvalue weighted by Crippen LogP contribution is 2.15. The number of aliphatic hydroxyl groups excluding tert-OH is 1. The second-order valence-corrected chi connectivity index (χ2v) is 4.53. The molecule has 1 aromatic carbocycles. The molecule has 2 N–H and O–H groups in total. The van der Waals surface area contributed by atoms with Gasteiger partial charge in [0.15, 0.2) is 5.82 Å². The molecule has 0 spiro atoms. The van der Waals surface area contributed by atoms with Gasteiger partial charge >= 0.3 is 0 Å². The summed E-state index contributed by atoms with van der Waals surface area (Å²) in [5.74, 6) is 6.56. The molecule has 0 saturated carbocycles. The number of anilines is 1. The monoisotopic (exact) mass is 284 g/mol. The molecule has 0 radical (unpaired) electrons. The molecule has 0 atom stereocenters. The second kappa shape index (κ2) is 6.73. The van der Waals surface area contributed by atoms with Crippen LogP contribution in [0.15, 0.2) is 28.8 Å². The number of aromatic nitrogens is 1. The first kappa shape index (κ1) is 14.8. The van der Waals surface area contributed by atoms with E-state index in [1.807, 2.05) is 13.0 Å². The molecule has 0 aliphatic rings. The van der Waals surface area contributed by atoms with Crippen molar-refractivity contribution in [3.8, 4) is 11.8 Å². The van der Waals surface area contributed by atoms with E-state index in [0.29, 0.717) is 23.6 Å². The van der Waals surface area contributed by atoms with E-state index in [1.165, 1.54) is 0 Å². The summed E-state index contributed by atoms with van der Waals surface area (Å²) in [6.45, 7) is 3.62. The molecule has 0 unspecified atom stereocenters. The minimum Gasteiger partial charge on any atom is -0.395 e. The predicted octanol–water partition coefficient (Wildman–Crippen LogP) is 2.28. The van der Waals surface area contributed by atoms with E-state index in [1.54, 1.807) is 25.1 Å². The van der Waals surface area contributed by atoms with E-state index in [0.717, 1.165) is 11.1 Å². The lowest BCUT2D eigenvalue weighted by atomic mass is 10.0. The van der Waals surface area contributed by atoms with Crippen molar-refractivity contribution in [2.24, 2.45) is 0 Å². The van der Waals surface area contributed by atoms with E-state index in [2.05, 4.69) is 22.3 Å². The number of amides is 1. The van der Waals surface area contributed by atoms with Crippen molar-refractivity contribution < 1.29 is 14.4 Å². The fraction of sp³-hybridized carbons (Fsp3) is 0.250. The maximum atomic E-state index is 12.2. The molecule has 5 nitrogen and oxygen atoms in total. The third-order valence-electron chi connectivity index (χ3n) is 2.91. The van der Waals surface area contributed by atoms with Gasteiger partial charge in [-0.3, -0.25) is 4.79 Å². The van der Waals surface area contributed by atoms with Gasteiger partial charge in [0.1, 0.15) is 5.76 Å². The Morgan fingerprint density at radius 2 is 2.24 bits per heavy atom. The van der Waals surface area contributed by atoms with Crippen LogP contribution >= 0.6 is 0 Å². The maximum absolute atomic E-state index is 12.2. The molecule has 5 heteroatoms. The molecule has 1 heterocycles. The molecule has 1 aromatic heterocycles. The number of benzene rings is 1. The Morgan fingerprint density at radius 3 is 2.90 bits per heavy atom. The van der Waals surface area contributed by atoms with Crippen LogP contribution in [0.25, 0.3) is 0 Å². The Morgan fingerprint density at radius 1 is 1.43 bits per heavy atom. The summed E-state index contributed by atoms with van der Waals surface area (Å²) in [4.78, 5) is 12.2. The second-order valence-electron chi connectivity index (χ2n) is 4.53. The summed E-state index contributed by atoms with van der Waals surface area (Å²) in [5.41, 5.74) is 2.10. The molecule has 108 valence electrons. The zero-order valence-corrected chi connectivity index (χ0v) is 11.9. The molecular formula is C16H16N2O3. The lowest BCUT2D eigenvalue weighted by Crippen LogP contribution is -2.14. The first-order valence-corrected chi connectivity index (χ1v) is 6.56. The van der Waals surface area contributed by atoms with Crippen molar-refractivity contribution in [3.63, 3.8) is 0 Å². The van der Waals surface area contributed by atoms with E-state index < -0.39 is 0 Å². The van der Waals surface area contributed by atoms with E-state index in [-0.39, 0.29) is 12.5 Å². The number of carbonyl (C=O) groups excluding carboxylic acids is 1. The Bertz CT molecular complexity index is 708. The molecule has 2 rings (SSSR count). The van der Waals surface area contributed by atoms with Crippen LogP contribution in [0.2, 0.25) is 0 Å². The first-order chi connectivity index (χ1) is 10.1. The highest BCUT2D eigenvalue weighted by molar-refractivity contribution is 6.05. The zero-order valence-electron chi connectivity index (χ0n) is 11.9. The van der Waals surface area contributed by atoms with Crippen LogP contribution in [0.4, 0.5) is 5.82 Å². The van der Waals surface area contributed by atoms with Gasteiger partial charge in [0.05, 0.1) is 6.61 Å². The predicted molar refractivity (Wildman–Crippen MR) is 79.0 cm³/mol. The SMILES string of the molecule is Cc1cc(NC(=O)c2cccc(C#CCCO)c2C)no1. The van der Waals surface area contributed by atoms with Crippen LogP contribution in [-0.4, -0.2) is 22.8 Å². The van der Waals surface area contributed by atoms with Crippen molar-refractivity contribution in [3.05, 3.63) is 46.7 Å². The van der Waals surface area contributed by atoms with Gasteiger partial charge in [-0.15, -0.1) is 0 Å². The van der Waals surface area contributed by atoms with Gasteiger partial charge in [0.25, 0.3) is 5.91 Å². The molecule has 1 amide bonds. The third kappa shape index (κ3) is 3.71. The summed E-state index contributed by atoms with van der Waals surface area (Å²) >= 11 is 0. The number of aliphatic hydroxyl groups is 1. The molecule has 0 saturated heterocycles. The molecule has 0 aliphatic heterocycles. The van der Waals surface area contributed by atoms with Crippen LogP contribution in [0.1, 0.15) is 33.7 Å². The first-order valence-electron chi connectivity index (χ1n) is 6.56. The molecule has 0 bridgehead atoms. The Hall–Kier alpha value is -2.58. The van der Waals surface area contributed by atoms with Crippen LogP contribution in [-0.2, 0) is 0 Å². The number of carbonyl (C=O) groups is 1. The molecule has 0 aliphatic carbocycles. The lowest BCUT2D eigenvalue weighted by molar-refractivity contribution is 0.102. The van der Waals surface area contributed by atoms with Crippen LogP contribution in [0.3, 0.4) is 0 Å². The van der Waals surface area contributed by atoms with E-state index >= 15 is 0 Å². The smallest absolute Gasteiger partial charge is 0.257 e. The van der Waals surface area contributed by atoms with E-state index in [9.17, 15) is 4.79 Å². The number of rotatable bonds is 3. The third-order valence-corrected chi connectivity index (χ3v) is 2.91. The average Bonchev–Trinajstić information content (AvgIpc) is 2.86. The average molecular weight is 284 g/mol. The largest absolute Gasteiger partial charge is 0.395 e. The summed E-state index contributed by atoms with van der Waals surface area (Å²) < 4.78 is 4.91. The number of hydrogen-bond donors (Lipinski definition) is 2. The minimum absolute atomic E-state index is 0.0255. The maximum Gasteiger partial charge on any atom is 0.257 e. The van der Waals surface area contributed by atoms with Gasteiger partial charge in [-0.25, -0.2) is 0 Å². The van der Waals surface area contributed by atoms with Crippen molar-refractivity contribution >= 4 is 11.7 Å². The summed E-state index contributed by atoms with van der Waals surface area (Å²) in [7, 11) is 0. The minimum atomic E-state index is -0.258. The van der Waals surface area contributed by atoms with Crippen molar-refractivity contribution in [1.29, 1.82) is 0 Å². The van der Waals surface area contributed by atoms with Gasteiger partial charge in [0.2, 0.25) is 0 Å². The number of nitrogens with one attached hydrogen (secondary N) is 1. The number of hydrogen-bond acceptors (Lipinski definition) is 4. The quantitative estimate of drug-likeness (QED) is 0.848. The fourth-order valence-corrected chi connectivity index (χ4v) is 1.84.